The van der Waals surface area contributed by atoms with Gasteiger partial charge in [-0.1, -0.05) is 0 Å². The maximum absolute atomic E-state index is 5.68. The monoisotopic (exact) mass is 249 g/mol. The third-order valence-electron chi connectivity index (χ3n) is 3.06. The van der Waals surface area contributed by atoms with Crippen LogP contribution in [-0.2, 0) is 0 Å². The quantitative estimate of drug-likeness (QED) is 0.840. The average Bonchev–Trinajstić information content (AvgIpc) is 2.84. The average molecular weight is 249 g/mol. The van der Waals surface area contributed by atoms with Crippen molar-refractivity contribution in [3.8, 4) is 5.88 Å². The molecule has 0 aliphatic carbocycles. The van der Waals surface area contributed by atoms with Gasteiger partial charge in [-0.25, -0.2) is 4.98 Å². The van der Waals surface area contributed by atoms with Crippen molar-refractivity contribution < 1.29 is 4.74 Å². The molecule has 1 N–H and O–H groups in total. The third-order valence-corrected chi connectivity index (χ3v) is 3.06. The van der Waals surface area contributed by atoms with Crippen LogP contribution >= 0.6 is 0 Å². The molecule has 0 aromatic carbocycles. The van der Waals surface area contributed by atoms with Crippen LogP contribution in [0.4, 0.5) is 5.69 Å². The highest BCUT2D eigenvalue weighted by atomic mass is 16.5. The van der Waals surface area contributed by atoms with Crippen LogP contribution in [0.5, 0.6) is 5.88 Å². The second kappa shape index (κ2) is 6.59. The molecule has 1 aromatic heterocycles. The van der Waals surface area contributed by atoms with Gasteiger partial charge in [0.05, 0.1) is 11.8 Å². The molecule has 0 unspecified atom stereocenters. The van der Waals surface area contributed by atoms with Crippen molar-refractivity contribution in [3.05, 3.63) is 18.3 Å². The van der Waals surface area contributed by atoms with E-state index in [0.717, 1.165) is 18.8 Å². The molecule has 1 aromatic rings. The van der Waals surface area contributed by atoms with E-state index < -0.39 is 0 Å². The fraction of sp³-hybridized carbons (Fsp3) is 0.643. The third kappa shape index (κ3) is 3.88. The topological polar surface area (TPSA) is 37.4 Å². The van der Waals surface area contributed by atoms with Crippen LogP contribution in [0.1, 0.15) is 26.7 Å². The van der Waals surface area contributed by atoms with Gasteiger partial charge < -0.3 is 15.0 Å². The highest BCUT2D eigenvalue weighted by Gasteiger charge is 2.11. The number of nitrogens with one attached hydrogen (secondary N) is 1. The van der Waals surface area contributed by atoms with E-state index in [1.54, 1.807) is 6.20 Å². The Hall–Kier alpha value is -1.29. The Balaban J connectivity index is 1.83. The van der Waals surface area contributed by atoms with E-state index in [-0.39, 0.29) is 6.10 Å². The van der Waals surface area contributed by atoms with Gasteiger partial charge in [0, 0.05) is 19.3 Å². The molecule has 1 aliphatic rings. The minimum absolute atomic E-state index is 0.152. The van der Waals surface area contributed by atoms with E-state index in [0.29, 0.717) is 5.88 Å². The minimum Gasteiger partial charge on any atom is -0.473 e. The summed E-state index contributed by atoms with van der Waals surface area (Å²) in [5.74, 6) is 0.703. The maximum atomic E-state index is 5.68. The van der Waals surface area contributed by atoms with Gasteiger partial charge in [-0.15, -0.1) is 0 Å². The summed E-state index contributed by atoms with van der Waals surface area (Å²) in [4.78, 5) is 6.76. The highest BCUT2D eigenvalue weighted by Crippen LogP contribution is 2.21. The van der Waals surface area contributed by atoms with Gasteiger partial charge >= 0.3 is 0 Å². The Morgan fingerprint density at radius 1 is 1.39 bits per heavy atom. The number of hydrogen-bond acceptors (Lipinski definition) is 4. The molecule has 4 heteroatoms. The van der Waals surface area contributed by atoms with Gasteiger partial charge in [-0.3, -0.25) is 0 Å². The summed E-state index contributed by atoms with van der Waals surface area (Å²) < 4.78 is 5.68. The smallest absolute Gasteiger partial charge is 0.237 e. The summed E-state index contributed by atoms with van der Waals surface area (Å²) in [6, 6.07) is 3.96. The lowest BCUT2D eigenvalue weighted by molar-refractivity contribution is 0.234. The summed E-state index contributed by atoms with van der Waals surface area (Å²) >= 11 is 0. The number of rotatable bonds is 6. The minimum atomic E-state index is 0.152. The second-order valence-corrected chi connectivity index (χ2v) is 5.00. The number of hydrogen-bond donors (Lipinski definition) is 1. The van der Waals surface area contributed by atoms with Crippen molar-refractivity contribution in [2.45, 2.75) is 32.8 Å². The summed E-state index contributed by atoms with van der Waals surface area (Å²) in [5, 5.41) is 3.42. The van der Waals surface area contributed by atoms with E-state index in [1.165, 1.54) is 25.9 Å². The van der Waals surface area contributed by atoms with E-state index in [1.807, 2.05) is 26.0 Å². The van der Waals surface area contributed by atoms with E-state index >= 15 is 0 Å². The van der Waals surface area contributed by atoms with Crippen LogP contribution in [0.15, 0.2) is 18.3 Å². The molecule has 1 fully saturated rings. The van der Waals surface area contributed by atoms with Crippen LogP contribution in [0.2, 0.25) is 0 Å². The summed E-state index contributed by atoms with van der Waals surface area (Å²) in [5.41, 5.74) is 0.991. The SMILES string of the molecule is CC(C)Oc1ncccc1NCCN1CCCC1. The standard InChI is InChI=1S/C14H23N3O/c1-12(2)18-14-13(6-5-7-16-14)15-8-11-17-9-3-4-10-17/h5-7,12,15H,3-4,8-11H2,1-2H3. The van der Waals surface area contributed by atoms with Gasteiger partial charge in [-0.2, -0.15) is 0 Å². The number of pyridine rings is 1. The Labute approximate surface area is 109 Å². The zero-order valence-corrected chi connectivity index (χ0v) is 11.4. The van der Waals surface area contributed by atoms with E-state index in [4.69, 9.17) is 4.74 Å². The van der Waals surface area contributed by atoms with Crippen molar-refractivity contribution in [1.82, 2.24) is 9.88 Å². The first-order valence-corrected chi connectivity index (χ1v) is 6.83. The van der Waals surface area contributed by atoms with Crippen LogP contribution in [0, 0.1) is 0 Å². The molecule has 1 saturated heterocycles. The summed E-state index contributed by atoms with van der Waals surface area (Å²) in [7, 11) is 0. The molecule has 4 nitrogen and oxygen atoms in total. The lowest BCUT2D eigenvalue weighted by atomic mass is 10.4. The van der Waals surface area contributed by atoms with E-state index in [2.05, 4.69) is 15.2 Å². The molecule has 1 aliphatic heterocycles. The molecule has 2 rings (SSSR count). The predicted octanol–water partition coefficient (Wildman–Crippen LogP) is 2.38. The second-order valence-electron chi connectivity index (χ2n) is 5.00. The predicted molar refractivity (Wildman–Crippen MR) is 74.2 cm³/mol. The first-order valence-electron chi connectivity index (χ1n) is 6.83. The molecule has 0 amide bonds. The molecule has 100 valence electrons. The lowest BCUT2D eigenvalue weighted by Gasteiger charge is -2.17. The van der Waals surface area contributed by atoms with Crippen LogP contribution in [0.3, 0.4) is 0 Å². The lowest BCUT2D eigenvalue weighted by Crippen LogP contribution is -2.26. The van der Waals surface area contributed by atoms with Crippen LogP contribution < -0.4 is 10.1 Å². The Bertz CT molecular complexity index is 362. The van der Waals surface area contributed by atoms with Crippen LogP contribution in [-0.4, -0.2) is 42.2 Å². The molecule has 0 saturated carbocycles. The number of aromatic nitrogens is 1. The Morgan fingerprint density at radius 3 is 2.89 bits per heavy atom. The van der Waals surface area contributed by atoms with Gasteiger partial charge in [0.15, 0.2) is 0 Å². The molecule has 18 heavy (non-hydrogen) atoms. The number of nitrogens with zero attached hydrogens (tertiary/aromatic N) is 2. The number of ether oxygens (including phenoxy) is 1. The van der Waals surface area contributed by atoms with Crippen LogP contribution in [0.25, 0.3) is 0 Å². The van der Waals surface area contributed by atoms with Gasteiger partial charge in [-0.05, 0) is 51.9 Å². The molecule has 0 atom stereocenters. The molecule has 0 radical (unpaired) electrons. The van der Waals surface area contributed by atoms with E-state index in [9.17, 15) is 0 Å². The van der Waals surface area contributed by atoms with Crippen molar-refractivity contribution in [1.29, 1.82) is 0 Å². The van der Waals surface area contributed by atoms with Crippen molar-refractivity contribution in [2.24, 2.45) is 0 Å². The normalized spacial score (nSPS) is 16.2. The zero-order chi connectivity index (χ0) is 12.8. The summed E-state index contributed by atoms with van der Waals surface area (Å²) in [6.07, 6.45) is 4.60. The first-order chi connectivity index (χ1) is 8.75. The Kier molecular flexibility index (Phi) is 4.81. The molecular formula is C14H23N3O. The zero-order valence-electron chi connectivity index (χ0n) is 11.4. The Morgan fingerprint density at radius 2 is 2.17 bits per heavy atom. The first kappa shape index (κ1) is 13.1. The van der Waals surface area contributed by atoms with Gasteiger partial charge in [0.2, 0.25) is 5.88 Å². The molecular weight excluding hydrogens is 226 g/mol. The molecule has 0 spiro atoms. The highest BCUT2D eigenvalue weighted by molar-refractivity contribution is 5.52. The largest absolute Gasteiger partial charge is 0.473 e. The van der Waals surface area contributed by atoms with Gasteiger partial charge in [0.25, 0.3) is 0 Å². The molecule has 2 heterocycles. The fourth-order valence-electron chi connectivity index (χ4n) is 2.20. The fourth-order valence-corrected chi connectivity index (χ4v) is 2.20. The van der Waals surface area contributed by atoms with Crippen molar-refractivity contribution >= 4 is 5.69 Å². The maximum Gasteiger partial charge on any atom is 0.237 e. The number of anilines is 1. The van der Waals surface area contributed by atoms with Crippen molar-refractivity contribution in [3.63, 3.8) is 0 Å². The van der Waals surface area contributed by atoms with Crippen molar-refractivity contribution in [2.75, 3.05) is 31.5 Å². The molecule has 0 bridgehead atoms. The van der Waals surface area contributed by atoms with Gasteiger partial charge in [0.1, 0.15) is 0 Å². The summed E-state index contributed by atoms with van der Waals surface area (Å²) in [6.45, 7) is 8.55. The number of likely N-dealkylation sites (tertiary alicyclic amines) is 1.